The van der Waals surface area contributed by atoms with Gasteiger partial charge in [0.05, 0.1) is 17.7 Å². The first-order valence-corrected chi connectivity index (χ1v) is 8.67. The second-order valence-electron chi connectivity index (χ2n) is 7.12. The van der Waals surface area contributed by atoms with Crippen molar-refractivity contribution in [3.8, 4) is 5.75 Å². The molecule has 1 amide bonds. The van der Waals surface area contributed by atoms with Crippen LogP contribution in [0.2, 0.25) is 5.02 Å². The molecule has 1 unspecified atom stereocenters. The molecule has 2 N–H and O–H groups in total. The molecule has 1 aromatic carbocycles. The van der Waals surface area contributed by atoms with Crippen LogP contribution in [0.25, 0.3) is 6.08 Å². The standard InChI is InChI=1S/C19H26ClNO5/c1-11(2)25-16-8-7-14(20)9-13(16)10-15(17(22)23)12(3)21-18(24)26-19(4,5)6/h7-12H,1-6H3,(H,21,24)(H,22,23)/b15-10-. The minimum absolute atomic E-state index is 0.0215. The van der Waals surface area contributed by atoms with Crippen molar-refractivity contribution >= 4 is 29.7 Å². The van der Waals surface area contributed by atoms with Gasteiger partial charge in [0.1, 0.15) is 11.4 Å². The number of ether oxygens (including phenoxy) is 2. The van der Waals surface area contributed by atoms with Crippen LogP contribution in [-0.4, -0.2) is 34.9 Å². The third-order valence-electron chi connectivity index (χ3n) is 3.09. The average Bonchev–Trinajstić information content (AvgIpc) is 2.44. The fourth-order valence-corrected chi connectivity index (χ4v) is 2.28. The van der Waals surface area contributed by atoms with Crippen molar-refractivity contribution in [1.29, 1.82) is 0 Å². The van der Waals surface area contributed by atoms with E-state index in [0.29, 0.717) is 16.3 Å². The molecule has 0 spiro atoms. The molecule has 1 atom stereocenters. The molecule has 0 saturated heterocycles. The number of amides is 1. The maximum Gasteiger partial charge on any atom is 0.408 e. The van der Waals surface area contributed by atoms with Crippen LogP contribution >= 0.6 is 11.6 Å². The molecule has 1 aromatic rings. The maximum atomic E-state index is 11.9. The van der Waals surface area contributed by atoms with Crippen LogP contribution in [0.4, 0.5) is 4.79 Å². The molecule has 0 radical (unpaired) electrons. The number of nitrogens with one attached hydrogen (secondary N) is 1. The number of carbonyl (C=O) groups is 2. The Labute approximate surface area is 159 Å². The third kappa shape index (κ3) is 7.35. The molecule has 0 aliphatic rings. The van der Waals surface area contributed by atoms with Crippen molar-refractivity contribution in [2.24, 2.45) is 0 Å². The Bertz CT molecular complexity index is 692. The fraction of sp³-hybridized carbons (Fsp3) is 0.474. The monoisotopic (exact) mass is 383 g/mol. The molecular formula is C19H26ClNO5. The molecule has 1 rings (SSSR count). The number of benzene rings is 1. The lowest BCUT2D eigenvalue weighted by Gasteiger charge is -2.22. The van der Waals surface area contributed by atoms with Crippen LogP contribution in [0.3, 0.4) is 0 Å². The number of rotatable bonds is 6. The summed E-state index contributed by atoms with van der Waals surface area (Å²) < 4.78 is 10.9. The molecule has 144 valence electrons. The van der Waals surface area contributed by atoms with E-state index in [0.717, 1.165) is 0 Å². The van der Waals surface area contributed by atoms with Crippen molar-refractivity contribution in [3.63, 3.8) is 0 Å². The Balaban J connectivity index is 3.15. The summed E-state index contributed by atoms with van der Waals surface area (Å²) in [4.78, 5) is 23.6. The van der Waals surface area contributed by atoms with E-state index < -0.39 is 23.7 Å². The highest BCUT2D eigenvalue weighted by Gasteiger charge is 2.23. The van der Waals surface area contributed by atoms with Gasteiger partial charge in [0, 0.05) is 10.6 Å². The predicted octanol–water partition coefficient (Wildman–Crippen LogP) is 4.51. The van der Waals surface area contributed by atoms with E-state index in [1.54, 1.807) is 45.9 Å². The van der Waals surface area contributed by atoms with Crippen LogP contribution in [0.5, 0.6) is 5.75 Å². The first-order chi connectivity index (χ1) is 11.9. The van der Waals surface area contributed by atoms with Crippen molar-refractivity contribution < 1.29 is 24.2 Å². The zero-order valence-corrected chi connectivity index (χ0v) is 16.7. The number of hydrogen-bond acceptors (Lipinski definition) is 4. The SMILES string of the molecule is CC(C)Oc1ccc(Cl)cc1/C=C(\C(=O)O)C(C)NC(=O)OC(C)(C)C. The minimum Gasteiger partial charge on any atom is -0.490 e. The largest absolute Gasteiger partial charge is 0.490 e. The first-order valence-electron chi connectivity index (χ1n) is 8.29. The Morgan fingerprint density at radius 2 is 1.85 bits per heavy atom. The Hall–Kier alpha value is -2.21. The topological polar surface area (TPSA) is 84.9 Å². The average molecular weight is 384 g/mol. The maximum absolute atomic E-state index is 11.9. The van der Waals surface area contributed by atoms with E-state index in [1.807, 2.05) is 13.8 Å². The summed E-state index contributed by atoms with van der Waals surface area (Å²) in [5.74, 6) is -0.656. The van der Waals surface area contributed by atoms with Crippen LogP contribution in [0, 0.1) is 0 Å². The molecule has 0 aliphatic heterocycles. The van der Waals surface area contributed by atoms with Gasteiger partial charge in [-0.1, -0.05) is 11.6 Å². The minimum atomic E-state index is -1.16. The van der Waals surface area contributed by atoms with Gasteiger partial charge in [-0.2, -0.15) is 0 Å². The van der Waals surface area contributed by atoms with Crippen molar-refractivity contribution in [2.45, 2.75) is 59.3 Å². The van der Waals surface area contributed by atoms with Crippen LogP contribution < -0.4 is 10.1 Å². The number of alkyl carbamates (subject to hydrolysis) is 1. The van der Waals surface area contributed by atoms with Gasteiger partial charge >= 0.3 is 12.1 Å². The Kier molecular flexibility index (Phi) is 7.51. The quantitative estimate of drug-likeness (QED) is 0.706. The van der Waals surface area contributed by atoms with E-state index >= 15 is 0 Å². The predicted molar refractivity (Wildman–Crippen MR) is 102 cm³/mol. The van der Waals surface area contributed by atoms with Crippen LogP contribution in [0.1, 0.15) is 47.1 Å². The van der Waals surface area contributed by atoms with Gasteiger partial charge in [-0.3, -0.25) is 0 Å². The molecule has 0 aromatic heterocycles. The lowest BCUT2D eigenvalue weighted by Crippen LogP contribution is -2.39. The summed E-state index contributed by atoms with van der Waals surface area (Å²) in [6.45, 7) is 10.5. The summed E-state index contributed by atoms with van der Waals surface area (Å²) in [6.07, 6.45) is 0.657. The first kappa shape index (κ1) is 21.8. The molecule has 0 saturated carbocycles. The van der Waals surface area contributed by atoms with Gasteiger partial charge in [0.15, 0.2) is 0 Å². The highest BCUT2D eigenvalue weighted by Crippen LogP contribution is 2.27. The number of carboxylic acids is 1. The summed E-state index contributed by atoms with van der Waals surface area (Å²) >= 11 is 6.03. The molecule has 0 aliphatic carbocycles. The summed E-state index contributed by atoms with van der Waals surface area (Å²) in [5.41, 5.74) is -0.185. The highest BCUT2D eigenvalue weighted by atomic mass is 35.5. The highest BCUT2D eigenvalue weighted by molar-refractivity contribution is 6.30. The van der Waals surface area contributed by atoms with Crippen molar-refractivity contribution in [1.82, 2.24) is 5.32 Å². The third-order valence-corrected chi connectivity index (χ3v) is 3.33. The van der Waals surface area contributed by atoms with Crippen molar-refractivity contribution in [3.05, 3.63) is 34.4 Å². The summed E-state index contributed by atoms with van der Waals surface area (Å²) in [7, 11) is 0. The van der Waals surface area contributed by atoms with Gasteiger partial charge in [0.2, 0.25) is 0 Å². The van der Waals surface area contributed by atoms with E-state index in [1.165, 1.54) is 6.08 Å². The van der Waals surface area contributed by atoms with Gasteiger partial charge in [-0.25, -0.2) is 9.59 Å². The Morgan fingerprint density at radius 3 is 2.35 bits per heavy atom. The number of aliphatic carboxylic acids is 1. The van der Waals surface area contributed by atoms with Gasteiger partial charge < -0.3 is 19.9 Å². The van der Waals surface area contributed by atoms with Crippen molar-refractivity contribution in [2.75, 3.05) is 0 Å². The molecule has 0 bridgehead atoms. The molecule has 0 fully saturated rings. The summed E-state index contributed by atoms with van der Waals surface area (Å²) in [6, 6.07) is 4.18. The van der Waals surface area contributed by atoms with E-state index in [4.69, 9.17) is 21.1 Å². The fourth-order valence-electron chi connectivity index (χ4n) is 2.09. The van der Waals surface area contributed by atoms with Crippen LogP contribution in [0.15, 0.2) is 23.8 Å². The Morgan fingerprint density at radius 1 is 1.23 bits per heavy atom. The second kappa shape index (κ2) is 8.94. The lowest BCUT2D eigenvalue weighted by atomic mass is 10.0. The molecule has 26 heavy (non-hydrogen) atoms. The second-order valence-corrected chi connectivity index (χ2v) is 7.56. The molecule has 7 heteroatoms. The van der Waals surface area contributed by atoms with Gasteiger partial charge in [-0.15, -0.1) is 0 Å². The number of halogens is 1. The zero-order chi connectivity index (χ0) is 20.1. The van der Waals surface area contributed by atoms with Gasteiger partial charge in [-0.05, 0) is 65.8 Å². The van der Waals surface area contributed by atoms with E-state index in [9.17, 15) is 14.7 Å². The lowest BCUT2D eigenvalue weighted by molar-refractivity contribution is -0.132. The van der Waals surface area contributed by atoms with Gasteiger partial charge in [0.25, 0.3) is 0 Å². The van der Waals surface area contributed by atoms with Crippen LogP contribution in [-0.2, 0) is 9.53 Å². The summed E-state index contributed by atoms with van der Waals surface area (Å²) in [5, 5.41) is 12.5. The number of hydrogen-bond donors (Lipinski definition) is 2. The normalized spacial score (nSPS) is 13.3. The molecule has 0 heterocycles. The molecular weight excluding hydrogens is 358 g/mol. The zero-order valence-electron chi connectivity index (χ0n) is 15.9. The van der Waals surface area contributed by atoms with E-state index in [-0.39, 0.29) is 11.7 Å². The van der Waals surface area contributed by atoms with E-state index in [2.05, 4.69) is 5.32 Å². The number of carbonyl (C=O) groups excluding carboxylic acids is 1. The smallest absolute Gasteiger partial charge is 0.408 e. The number of carboxylic acid groups (broad SMARTS) is 1. The molecule has 6 nitrogen and oxygen atoms in total.